The van der Waals surface area contributed by atoms with E-state index in [0.717, 1.165) is 24.8 Å². The average Bonchev–Trinajstić information content (AvgIpc) is 3.61. The Morgan fingerprint density at radius 2 is 1.07 bits per heavy atom. The van der Waals surface area contributed by atoms with Crippen molar-refractivity contribution in [3.63, 3.8) is 0 Å². The molecule has 4 heterocycles. The minimum Gasteiger partial charge on any atom is -0.399 e. The van der Waals surface area contributed by atoms with Gasteiger partial charge in [0, 0.05) is 42.1 Å². The zero-order valence-corrected chi connectivity index (χ0v) is 26.1. The average molecular weight is 668 g/mol. The van der Waals surface area contributed by atoms with Crippen LogP contribution in [0.3, 0.4) is 0 Å². The summed E-state index contributed by atoms with van der Waals surface area (Å²) in [5, 5.41) is 10.2. The van der Waals surface area contributed by atoms with Gasteiger partial charge >= 0.3 is 38.4 Å². The number of aromatic amines is 1. The molecule has 45 heavy (non-hydrogen) atoms. The Morgan fingerprint density at radius 3 is 1.38 bits per heavy atom. The van der Waals surface area contributed by atoms with E-state index in [2.05, 4.69) is 15.3 Å². The van der Waals surface area contributed by atoms with Crippen LogP contribution in [-0.2, 0) is 25.2 Å². The van der Waals surface area contributed by atoms with E-state index in [1.54, 1.807) is 40.1 Å². The molecule has 2 aliphatic rings. The molecule has 0 atom stereocenters. The van der Waals surface area contributed by atoms with Crippen molar-refractivity contribution < 1.29 is 62.5 Å². The van der Waals surface area contributed by atoms with Crippen molar-refractivity contribution in [1.82, 2.24) is 20.0 Å². The number of hydrogen-bond donors (Lipinski definition) is 1. The van der Waals surface area contributed by atoms with Crippen LogP contribution in [0.25, 0.3) is 0 Å². The summed E-state index contributed by atoms with van der Waals surface area (Å²) in [6.45, 7) is 14.5. The molecule has 2 fully saturated rings. The molecule has 0 radical (unpaired) electrons. The zero-order valence-electron chi connectivity index (χ0n) is 26.1. The first-order valence-electron chi connectivity index (χ1n) is 13.6. The monoisotopic (exact) mass is 668 g/mol. The van der Waals surface area contributed by atoms with Gasteiger partial charge in [-0.25, -0.2) is 0 Å². The number of alkyl halides is 10. The SMILES string of the molecule is CC1(C)OB(c2cn[nH]c2)OC1(C)C.CC1(C)OB(c2cnn(CC(F)(F)C(F)(F)F)c2)OC1(C)C.CCC(F)(F)C(F)(F)F. The lowest BCUT2D eigenvalue weighted by atomic mass is 9.82. The molecule has 0 spiro atoms. The van der Waals surface area contributed by atoms with Gasteiger partial charge in [-0.1, -0.05) is 6.92 Å². The number of hydrogen-bond acceptors (Lipinski definition) is 6. The molecule has 2 saturated heterocycles. The molecule has 256 valence electrons. The lowest BCUT2D eigenvalue weighted by molar-refractivity contribution is -0.287. The molecule has 0 aliphatic carbocycles. The first-order valence-corrected chi connectivity index (χ1v) is 13.6. The van der Waals surface area contributed by atoms with Gasteiger partial charge < -0.3 is 18.6 Å². The number of H-pyrrole nitrogens is 1. The quantitative estimate of drug-likeness (QED) is 0.326. The Kier molecular flexibility index (Phi) is 11.0. The molecule has 20 heteroatoms. The maximum atomic E-state index is 13.0. The fourth-order valence-electron chi connectivity index (χ4n) is 3.43. The molecule has 2 aliphatic heterocycles. The summed E-state index contributed by atoms with van der Waals surface area (Å²) < 4.78 is 142. The lowest BCUT2D eigenvalue weighted by Gasteiger charge is -2.32. The zero-order chi connectivity index (χ0) is 35.1. The van der Waals surface area contributed by atoms with Gasteiger partial charge in [0.2, 0.25) is 0 Å². The van der Waals surface area contributed by atoms with Crippen molar-refractivity contribution >= 4 is 25.2 Å². The maximum absolute atomic E-state index is 13.0. The smallest absolute Gasteiger partial charge is 0.399 e. The Bertz CT molecular complexity index is 1220. The first kappa shape index (κ1) is 38.9. The number of aromatic nitrogens is 4. The second-order valence-corrected chi connectivity index (χ2v) is 12.4. The molecular weight excluding hydrogens is 632 g/mol. The Hall–Kier alpha value is -2.31. The van der Waals surface area contributed by atoms with Crippen LogP contribution in [0.2, 0.25) is 0 Å². The van der Waals surface area contributed by atoms with Crippen LogP contribution in [0.5, 0.6) is 0 Å². The topological polar surface area (TPSA) is 83.4 Å². The third kappa shape index (κ3) is 8.94. The molecule has 0 aromatic carbocycles. The van der Waals surface area contributed by atoms with Crippen LogP contribution in [0.1, 0.15) is 68.7 Å². The van der Waals surface area contributed by atoms with Gasteiger partial charge in [0.1, 0.15) is 6.54 Å². The Labute approximate surface area is 254 Å². The van der Waals surface area contributed by atoms with E-state index >= 15 is 0 Å². The van der Waals surface area contributed by atoms with E-state index in [-0.39, 0.29) is 23.8 Å². The summed E-state index contributed by atoms with van der Waals surface area (Å²) in [7, 11) is -1.17. The standard InChI is InChI=1S/C12H16BF5N2O2.C9H15BN2O2.C4H5F5/c1-9(2)10(3,4)22-13(21-9)8-5-19-20(6-8)7-11(14,15)12(16,17)18;1-8(2)9(3,4)14-10(13-8)7-5-11-12-6-7;1-2-3(5,6)4(7,8)9/h5-6H,7H2,1-4H3;5-6H,1-4H3,(H,11,12);2H2,1H3. The molecule has 0 unspecified atom stereocenters. The number of nitrogens with one attached hydrogen (secondary N) is 1. The fraction of sp³-hybridized carbons (Fsp3) is 0.760. The van der Waals surface area contributed by atoms with Crippen molar-refractivity contribution in [3.05, 3.63) is 24.8 Å². The van der Waals surface area contributed by atoms with Crippen molar-refractivity contribution in [2.45, 2.75) is 122 Å². The van der Waals surface area contributed by atoms with Crippen molar-refractivity contribution in [2.75, 3.05) is 0 Å². The summed E-state index contributed by atoms with van der Waals surface area (Å²) in [4.78, 5) is 0. The predicted molar refractivity (Wildman–Crippen MR) is 145 cm³/mol. The molecule has 2 aromatic heterocycles. The van der Waals surface area contributed by atoms with Crippen LogP contribution in [0.4, 0.5) is 43.9 Å². The molecule has 0 saturated carbocycles. The fourth-order valence-corrected chi connectivity index (χ4v) is 3.43. The van der Waals surface area contributed by atoms with Crippen molar-refractivity contribution in [2.24, 2.45) is 0 Å². The second kappa shape index (κ2) is 12.7. The van der Waals surface area contributed by atoms with Gasteiger partial charge in [0.25, 0.3) is 0 Å². The van der Waals surface area contributed by atoms with Crippen LogP contribution >= 0.6 is 0 Å². The molecule has 1 N–H and O–H groups in total. The number of nitrogens with zero attached hydrogens (tertiary/aromatic N) is 3. The minimum atomic E-state index is -5.62. The summed E-state index contributed by atoms with van der Waals surface area (Å²) in [5.74, 6) is -9.38. The van der Waals surface area contributed by atoms with E-state index < -0.39 is 55.5 Å². The van der Waals surface area contributed by atoms with Gasteiger partial charge in [0.15, 0.2) is 0 Å². The first-order chi connectivity index (χ1) is 20.0. The van der Waals surface area contributed by atoms with Gasteiger partial charge in [0.05, 0.1) is 22.4 Å². The van der Waals surface area contributed by atoms with Gasteiger partial charge in [-0.05, 0) is 55.4 Å². The third-order valence-electron chi connectivity index (χ3n) is 7.86. The number of halogens is 10. The molecular formula is C25H36B2F10N4O4. The third-order valence-corrected chi connectivity index (χ3v) is 7.86. The minimum absolute atomic E-state index is 0.283. The van der Waals surface area contributed by atoms with Gasteiger partial charge in [-0.3, -0.25) is 9.78 Å². The highest BCUT2D eigenvalue weighted by molar-refractivity contribution is 6.62. The molecule has 2 aromatic rings. The normalized spacial score (nSPS) is 20.8. The summed E-state index contributed by atoms with van der Waals surface area (Å²) >= 11 is 0. The van der Waals surface area contributed by atoms with Crippen LogP contribution in [0, 0.1) is 0 Å². The van der Waals surface area contributed by atoms with Gasteiger partial charge in [-0.2, -0.15) is 54.1 Å². The van der Waals surface area contributed by atoms with Crippen molar-refractivity contribution in [3.8, 4) is 0 Å². The van der Waals surface area contributed by atoms with E-state index in [4.69, 9.17) is 18.6 Å². The summed E-state index contributed by atoms with van der Waals surface area (Å²) in [6, 6.07) is 0. The Morgan fingerprint density at radius 1 is 0.667 bits per heavy atom. The Balaban J connectivity index is 0.000000262. The highest BCUT2D eigenvalue weighted by atomic mass is 19.4. The highest BCUT2D eigenvalue weighted by Crippen LogP contribution is 2.39. The number of rotatable bonds is 5. The van der Waals surface area contributed by atoms with Crippen LogP contribution in [-0.4, -0.2) is 80.8 Å². The molecule has 0 amide bonds. The molecule has 0 bridgehead atoms. The molecule has 4 rings (SSSR count). The lowest BCUT2D eigenvalue weighted by Crippen LogP contribution is -2.41. The predicted octanol–water partition coefficient (Wildman–Crippen LogP) is 5.68. The van der Waals surface area contributed by atoms with Crippen LogP contribution < -0.4 is 10.9 Å². The summed E-state index contributed by atoms with van der Waals surface area (Å²) in [6.07, 6.45) is -6.46. The van der Waals surface area contributed by atoms with E-state index in [1.165, 1.54) is 0 Å². The van der Waals surface area contributed by atoms with E-state index in [0.29, 0.717) is 4.68 Å². The largest absolute Gasteiger partial charge is 0.498 e. The molecule has 8 nitrogen and oxygen atoms in total. The summed E-state index contributed by atoms with van der Waals surface area (Å²) in [5.41, 5.74) is -0.629. The van der Waals surface area contributed by atoms with E-state index in [9.17, 15) is 43.9 Å². The van der Waals surface area contributed by atoms with Crippen LogP contribution in [0.15, 0.2) is 24.8 Å². The van der Waals surface area contributed by atoms with Crippen molar-refractivity contribution in [1.29, 1.82) is 0 Å². The maximum Gasteiger partial charge on any atom is 0.498 e. The highest BCUT2D eigenvalue weighted by Gasteiger charge is 2.58. The second-order valence-electron chi connectivity index (χ2n) is 12.4. The van der Waals surface area contributed by atoms with Gasteiger partial charge in [-0.15, -0.1) is 0 Å². The van der Waals surface area contributed by atoms with E-state index in [1.807, 2.05) is 27.7 Å².